The van der Waals surface area contributed by atoms with Crippen molar-refractivity contribution >= 4 is 28.2 Å². The number of benzene rings is 1. The van der Waals surface area contributed by atoms with Gasteiger partial charge < -0.3 is 5.73 Å². The Kier molecular flexibility index (Phi) is 2.78. The van der Waals surface area contributed by atoms with Crippen molar-refractivity contribution in [1.29, 1.82) is 0 Å². The van der Waals surface area contributed by atoms with Gasteiger partial charge in [0.1, 0.15) is 0 Å². The van der Waals surface area contributed by atoms with Crippen molar-refractivity contribution in [3.63, 3.8) is 0 Å². The van der Waals surface area contributed by atoms with E-state index in [0.29, 0.717) is 0 Å². The molecule has 2 aromatic rings. The molecule has 2 N–H and O–H groups in total. The van der Waals surface area contributed by atoms with E-state index >= 15 is 0 Å². The van der Waals surface area contributed by atoms with Crippen molar-refractivity contribution in [3.8, 4) is 0 Å². The van der Waals surface area contributed by atoms with Crippen LogP contribution in [0.5, 0.6) is 0 Å². The number of aromatic nitrogens is 1. The summed E-state index contributed by atoms with van der Waals surface area (Å²) >= 11 is 6.13. The quantitative estimate of drug-likeness (QED) is 0.763. The molecule has 0 saturated carbocycles. The molecule has 0 radical (unpaired) electrons. The van der Waals surface area contributed by atoms with Gasteiger partial charge in [-0.2, -0.15) is 0 Å². The Morgan fingerprint density at radius 1 is 1.18 bits per heavy atom. The molecule has 1 heterocycles. The summed E-state index contributed by atoms with van der Waals surface area (Å²) in [6.07, 6.45) is 0. The average molecular weight is 249 g/mol. The Bertz CT molecular complexity index is 583. The van der Waals surface area contributed by atoms with E-state index in [1.807, 2.05) is 25.1 Å². The molecule has 0 aliphatic carbocycles. The highest BCUT2D eigenvalue weighted by Crippen LogP contribution is 2.30. The van der Waals surface area contributed by atoms with E-state index in [0.717, 1.165) is 32.9 Å². The highest BCUT2D eigenvalue weighted by atomic mass is 35.5. The molecule has 0 unspecified atom stereocenters. The fourth-order valence-corrected chi connectivity index (χ4v) is 1.92. The smallest absolute Gasteiger partial charge is 0.0741 e. The van der Waals surface area contributed by atoms with Gasteiger partial charge in [-0.3, -0.25) is 4.98 Å². The standard InChI is InChI=1S/C14H17ClN2/c1-8-5-9-11(16)7-13(14(2,3)4)17-12(9)6-10(8)15/h5-7H,1-4H3,(H2,16,17). The van der Waals surface area contributed by atoms with Crippen molar-refractivity contribution < 1.29 is 0 Å². The minimum Gasteiger partial charge on any atom is -0.398 e. The molecular weight excluding hydrogens is 232 g/mol. The van der Waals surface area contributed by atoms with E-state index in [1.165, 1.54) is 0 Å². The summed E-state index contributed by atoms with van der Waals surface area (Å²) in [5.74, 6) is 0. The number of nitrogens with two attached hydrogens (primary N) is 1. The number of anilines is 1. The predicted molar refractivity (Wildman–Crippen MR) is 74.6 cm³/mol. The summed E-state index contributed by atoms with van der Waals surface area (Å²) in [5, 5.41) is 1.70. The van der Waals surface area contributed by atoms with Crippen LogP contribution in [-0.4, -0.2) is 4.98 Å². The van der Waals surface area contributed by atoms with E-state index in [2.05, 4.69) is 25.8 Å². The number of rotatable bonds is 0. The van der Waals surface area contributed by atoms with Crippen molar-refractivity contribution in [1.82, 2.24) is 4.98 Å². The lowest BCUT2D eigenvalue weighted by atomic mass is 9.90. The predicted octanol–water partition coefficient (Wildman–Crippen LogP) is 4.08. The van der Waals surface area contributed by atoms with Crippen LogP contribution in [0.4, 0.5) is 5.69 Å². The van der Waals surface area contributed by atoms with Crippen LogP contribution in [0.25, 0.3) is 10.9 Å². The molecule has 1 aromatic heterocycles. The molecule has 0 bridgehead atoms. The molecule has 1 aromatic carbocycles. The fraction of sp³-hybridized carbons (Fsp3) is 0.357. The summed E-state index contributed by atoms with van der Waals surface area (Å²) in [6.45, 7) is 8.34. The van der Waals surface area contributed by atoms with Crippen LogP contribution in [0.3, 0.4) is 0 Å². The van der Waals surface area contributed by atoms with Crippen LogP contribution in [-0.2, 0) is 5.41 Å². The van der Waals surface area contributed by atoms with E-state index in [4.69, 9.17) is 17.3 Å². The number of aryl methyl sites for hydroxylation is 1. The van der Waals surface area contributed by atoms with Crippen LogP contribution in [0.15, 0.2) is 18.2 Å². The molecule has 0 aliphatic heterocycles. The largest absolute Gasteiger partial charge is 0.398 e. The van der Waals surface area contributed by atoms with E-state index in [9.17, 15) is 0 Å². The molecule has 0 aliphatic rings. The molecule has 0 amide bonds. The molecule has 0 fully saturated rings. The van der Waals surface area contributed by atoms with Gasteiger partial charge in [0.15, 0.2) is 0 Å². The van der Waals surface area contributed by atoms with Gasteiger partial charge in [-0.05, 0) is 30.7 Å². The third kappa shape index (κ3) is 2.22. The first-order valence-electron chi connectivity index (χ1n) is 5.66. The molecule has 2 rings (SSSR count). The van der Waals surface area contributed by atoms with Gasteiger partial charge in [-0.15, -0.1) is 0 Å². The Balaban J connectivity index is 2.78. The number of pyridine rings is 1. The van der Waals surface area contributed by atoms with Gasteiger partial charge >= 0.3 is 0 Å². The van der Waals surface area contributed by atoms with E-state index in [-0.39, 0.29) is 5.41 Å². The first-order valence-corrected chi connectivity index (χ1v) is 6.03. The van der Waals surface area contributed by atoms with E-state index in [1.54, 1.807) is 0 Å². The number of nitrogen functional groups attached to an aromatic ring is 1. The van der Waals surface area contributed by atoms with Crippen LogP contribution >= 0.6 is 11.6 Å². The number of halogens is 1. The third-order valence-electron chi connectivity index (χ3n) is 2.89. The summed E-state index contributed by atoms with van der Waals surface area (Å²) in [6, 6.07) is 5.83. The zero-order valence-electron chi connectivity index (χ0n) is 10.6. The van der Waals surface area contributed by atoms with Crippen molar-refractivity contribution in [2.24, 2.45) is 0 Å². The second-order valence-electron chi connectivity index (χ2n) is 5.47. The molecule has 90 valence electrons. The SMILES string of the molecule is Cc1cc2c(N)cc(C(C)(C)C)nc2cc1Cl. The molecule has 3 heteroatoms. The molecule has 17 heavy (non-hydrogen) atoms. The van der Waals surface area contributed by atoms with E-state index < -0.39 is 0 Å². The van der Waals surface area contributed by atoms with Gasteiger partial charge in [0.05, 0.1) is 5.52 Å². The molecular formula is C14H17ClN2. The normalized spacial score (nSPS) is 12.1. The van der Waals surface area contributed by atoms with Gasteiger partial charge in [0.2, 0.25) is 0 Å². The molecule has 0 spiro atoms. The average Bonchev–Trinajstić information content (AvgIpc) is 2.19. The topological polar surface area (TPSA) is 38.9 Å². The summed E-state index contributed by atoms with van der Waals surface area (Å²) in [4.78, 5) is 4.64. The first kappa shape index (κ1) is 12.2. The number of hydrogen-bond acceptors (Lipinski definition) is 2. The lowest BCUT2D eigenvalue weighted by Gasteiger charge is -2.19. The molecule has 0 atom stereocenters. The fourth-order valence-electron chi connectivity index (χ4n) is 1.77. The lowest BCUT2D eigenvalue weighted by molar-refractivity contribution is 0.572. The number of hydrogen-bond donors (Lipinski definition) is 1. The highest BCUT2D eigenvalue weighted by Gasteiger charge is 2.17. The van der Waals surface area contributed by atoms with Gasteiger partial charge in [0.25, 0.3) is 0 Å². The third-order valence-corrected chi connectivity index (χ3v) is 3.30. The summed E-state index contributed by atoms with van der Waals surface area (Å²) in [5.41, 5.74) is 9.72. The van der Waals surface area contributed by atoms with Gasteiger partial charge in [0, 0.05) is 27.2 Å². The second-order valence-corrected chi connectivity index (χ2v) is 5.87. The van der Waals surface area contributed by atoms with Crippen LogP contribution in [0.2, 0.25) is 5.02 Å². The second kappa shape index (κ2) is 3.88. The van der Waals surface area contributed by atoms with Crippen LogP contribution in [0.1, 0.15) is 32.0 Å². The van der Waals surface area contributed by atoms with Gasteiger partial charge in [-0.25, -0.2) is 0 Å². The molecule has 0 saturated heterocycles. The number of nitrogens with zero attached hydrogens (tertiary/aromatic N) is 1. The monoisotopic (exact) mass is 248 g/mol. The molecule has 2 nitrogen and oxygen atoms in total. The zero-order chi connectivity index (χ0) is 12.8. The Morgan fingerprint density at radius 3 is 2.41 bits per heavy atom. The van der Waals surface area contributed by atoms with Crippen molar-refractivity contribution in [2.45, 2.75) is 33.1 Å². The first-order chi connectivity index (χ1) is 7.79. The Morgan fingerprint density at radius 2 is 1.82 bits per heavy atom. The lowest BCUT2D eigenvalue weighted by Crippen LogP contribution is -2.14. The Hall–Kier alpha value is -1.28. The minimum atomic E-state index is -0.0142. The zero-order valence-corrected chi connectivity index (χ0v) is 11.4. The maximum Gasteiger partial charge on any atom is 0.0741 e. The van der Waals surface area contributed by atoms with Crippen LogP contribution < -0.4 is 5.73 Å². The Labute approximate surface area is 107 Å². The summed E-state index contributed by atoms with van der Waals surface area (Å²) < 4.78 is 0. The maximum atomic E-state index is 6.13. The van der Waals surface area contributed by atoms with Crippen molar-refractivity contribution in [3.05, 3.63) is 34.5 Å². The van der Waals surface area contributed by atoms with Gasteiger partial charge in [-0.1, -0.05) is 32.4 Å². The maximum absolute atomic E-state index is 6.13. The minimum absolute atomic E-state index is 0.0142. The van der Waals surface area contributed by atoms with Crippen LogP contribution in [0, 0.1) is 6.92 Å². The summed E-state index contributed by atoms with van der Waals surface area (Å²) in [7, 11) is 0. The number of fused-ring (bicyclic) bond motifs is 1. The highest BCUT2D eigenvalue weighted by molar-refractivity contribution is 6.32. The van der Waals surface area contributed by atoms with Crippen molar-refractivity contribution in [2.75, 3.05) is 5.73 Å².